The molecule has 2 rings (SSSR count). The maximum atomic E-state index is 5.36. The average molecular weight is 296 g/mol. The van der Waals surface area contributed by atoms with Crippen LogP contribution in [0.1, 0.15) is 11.3 Å². The monoisotopic (exact) mass is 295 g/mol. The minimum absolute atomic E-state index is 0.678. The molecule has 90 valence electrons. The van der Waals surface area contributed by atoms with Crippen molar-refractivity contribution in [3.8, 4) is 5.75 Å². The van der Waals surface area contributed by atoms with Gasteiger partial charge in [0.2, 0.25) is 0 Å². The maximum absolute atomic E-state index is 5.36. The number of rotatable bonds is 4. The van der Waals surface area contributed by atoms with E-state index in [0.717, 1.165) is 27.2 Å². The first kappa shape index (κ1) is 12.0. The lowest BCUT2D eigenvalue weighted by atomic mass is 10.2. The lowest BCUT2D eigenvalue weighted by Gasteiger charge is -2.08. The zero-order valence-corrected chi connectivity index (χ0v) is 11.4. The van der Waals surface area contributed by atoms with Crippen LogP contribution in [0.5, 0.6) is 5.75 Å². The van der Waals surface area contributed by atoms with Gasteiger partial charge in [0.25, 0.3) is 0 Å². The number of hydrogen-bond donors (Lipinski definition) is 1. The van der Waals surface area contributed by atoms with Gasteiger partial charge in [0.1, 0.15) is 11.5 Å². The first-order valence-corrected chi connectivity index (χ1v) is 6.10. The molecule has 1 aromatic heterocycles. The Bertz CT molecular complexity index is 508. The standard InChI is InChI=1S/C13H14BrNO2/c1-9-5-6-17-13(9)8-15-10-3-4-12(16-2)11(14)7-10/h3-7,15H,8H2,1-2H3. The number of methoxy groups -OCH3 is 1. The van der Waals surface area contributed by atoms with E-state index in [9.17, 15) is 0 Å². The van der Waals surface area contributed by atoms with Gasteiger partial charge in [0.15, 0.2) is 0 Å². The molecule has 0 saturated heterocycles. The fourth-order valence-corrected chi connectivity index (χ4v) is 2.08. The van der Waals surface area contributed by atoms with Gasteiger partial charge in [0, 0.05) is 5.69 Å². The lowest BCUT2D eigenvalue weighted by Crippen LogP contribution is -1.99. The molecule has 0 aliphatic carbocycles. The highest BCUT2D eigenvalue weighted by Gasteiger charge is 2.03. The van der Waals surface area contributed by atoms with Crippen molar-refractivity contribution < 1.29 is 9.15 Å². The molecule has 1 heterocycles. The van der Waals surface area contributed by atoms with E-state index in [1.807, 2.05) is 31.2 Å². The second-order valence-corrected chi connectivity index (χ2v) is 4.58. The number of anilines is 1. The van der Waals surface area contributed by atoms with Crippen LogP contribution in [-0.4, -0.2) is 7.11 Å². The summed E-state index contributed by atoms with van der Waals surface area (Å²) in [6.07, 6.45) is 1.70. The Balaban J connectivity index is 2.05. The van der Waals surface area contributed by atoms with Gasteiger partial charge < -0.3 is 14.5 Å². The van der Waals surface area contributed by atoms with Crippen molar-refractivity contribution >= 4 is 21.6 Å². The molecule has 0 atom stereocenters. The van der Waals surface area contributed by atoms with Crippen LogP contribution in [0.25, 0.3) is 0 Å². The summed E-state index contributed by atoms with van der Waals surface area (Å²) in [5, 5.41) is 3.30. The first-order chi connectivity index (χ1) is 8.20. The van der Waals surface area contributed by atoms with Gasteiger partial charge in [0.05, 0.1) is 24.4 Å². The molecular formula is C13H14BrNO2. The summed E-state index contributed by atoms with van der Waals surface area (Å²) in [6.45, 7) is 2.71. The Morgan fingerprint density at radius 1 is 1.35 bits per heavy atom. The fourth-order valence-electron chi connectivity index (χ4n) is 1.54. The third-order valence-electron chi connectivity index (χ3n) is 2.57. The van der Waals surface area contributed by atoms with Crippen LogP contribution in [0.3, 0.4) is 0 Å². The summed E-state index contributed by atoms with van der Waals surface area (Å²) in [7, 11) is 1.65. The van der Waals surface area contributed by atoms with Gasteiger partial charge in [-0.15, -0.1) is 0 Å². The Morgan fingerprint density at radius 2 is 2.18 bits per heavy atom. The summed E-state index contributed by atoms with van der Waals surface area (Å²) in [5.74, 6) is 1.78. The van der Waals surface area contributed by atoms with Crippen molar-refractivity contribution in [3.05, 3.63) is 46.3 Å². The van der Waals surface area contributed by atoms with Crippen molar-refractivity contribution in [3.63, 3.8) is 0 Å². The molecule has 0 bridgehead atoms. The molecule has 0 amide bonds. The van der Waals surface area contributed by atoms with Gasteiger partial charge in [-0.05, 0) is 52.7 Å². The largest absolute Gasteiger partial charge is 0.496 e. The molecule has 0 spiro atoms. The van der Waals surface area contributed by atoms with Crippen LogP contribution in [-0.2, 0) is 6.54 Å². The summed E-state index contributed by atoms with van der Waals surface area (Å²) in [6, 6.07) is 7.83. The summed E-state index contributed by atoms with van der Waals surface area (Å²) in [4.78, 5) is 0. The van der Waals surface area contributed by atoms with E-state index >= 15 is 0 Å². The van der Waals surface area contributed by atoms with Crippen molar-refractivity contribution in [2.24, 2.45) is 0 Å². The van der Waals surface area contributed by atoms with Crippen LogP contribution >= 0.6 is 15.9 Å². The SMILES string of the molecule is COc1ccc(NCc2occc2C)cc1Br. The van der Waals surface area contributed by atoms with Gasteiger partial charge in [-0.3, -0.25) is 0 Å². The number of hydrogen-bond acceptors (Lipinski definition) is 3. The minimum Gasteiger partial charge on any atom is -0.496 e. The van der Waals surface area contributed by atoms with Gasteiger partial charge in [-0.25, -0.2) is 0 Å². The van der Waals surface area contributed by atoms with E-state index in [-0.39, 0.29) is 0 Å². The average Bonchev–Trinajstić information content (AvgIpc) is 2.72. The van der Waals surface area contributed by atoms with E-state index in [1.165, 1.54) is 0 Å². The predicted molar refractivity (Wildman–Crippen MR) is 71.5 cm³/mol. The molecule has 17 heavy (non-hydrogen) atoms. The topological polar surface area (TPSA) is 34.4 Å². The van der Waals surface area contributed by atoms with Gasteiger partial charge in [-0.1, -0.05) is 0 Å². The molecule has 0 unspecified atom stereocenters. The number of aryl methyl sites for hydroxylation is 1. The molecule has 0 aliphatic rings. The van der Waals surface area contributed by atoms with E-state index < -0.39 is 0 Å². The van der Waals surface area contributed by atoms with Crippen molar-refractivity contribution in [2.75, 3.05) is 12.4 Å². The Morgan fingerprint density at radius 3 is 2.76 bits per heavy atom. The lowest BCUT2D eigenvalue weighted by molar-refractivity contribution is 0.412. The maximum Gasteiger partial charge on any atom is 0.133 e. The van der Waals surface area contributed by atoms with Crippen LogP contribution in [0, 0.1) is 6.92 Å². The second-order valence-electron chi connectivity index (χ2n) is 3.73. The highest BCUT2D eigenvalue weighted by molar-refractivity contribution is 9.10. The number of benzene rings is 1. The van der Waals surface area contributed by atoms with Crippen LogP contribution in [0.4, 0.5) is 5.69 Å². The first-order valence-electron chi connectivity index (χ1n) is 5.31. The molecule has 0 fully saturated rings. The second kappa shape index (κ2) is 5.27. The van der Waals surface area contributed by atoms with E-state index in [1.54, 1.807) is 13.4 Å². The van der Waals surface area contributed by atoms with Crippen LogP contribution < -0.4 is 10.1 Å². The third kappa shape index (κ3) is 2.82. The van der Waals surface area contributed by atoms with Crippen molar-refractivity contribution in [1.29, 1.82) is 0 Å². The molecule has 4 heteroatoms. The number of furan rings is 1. The molecule has 0 aliphatic heterocycles. The van der Waals surface area contributed by atoms with Crippen LogP contribution in [0.2, 0.25) is 0 Å². The minimum atomic E-state index is 0.678. The quantitative estimate of drug-likeness (QED) is 0.927. The molecule has 3 nitrogen and oxygen atoms in total. The van der Waals surface area contributed by atoms with E-state index in [2.05, 4.69) is 21.2 Å². The highest BCUT2D eigenvalue weighted by atomic mass is 79.9. The molecule has 2 aromatic rings. The number of halogens is 1. The Labute approximate surface area is 109 Å². The zero-order valence-electron chi connectivity index (χ0n) is 9.79. The summed E-state index contributed by atoms with van der Waals surface area (Å²) >= 11 is 3.45. The van der Waals surface area contributed by atoms with E-state index in [0.29, 0.717) is 6.54 Å². The highest BCUT2D eigenvalue weighted by Crippen LogP contribution is 2.28. The molecule has 1 aromatic carbocycles. The van der Waals surface area contributed by atoms with Gasteiger partial charge >= 0.3 is 0 Å². The van der Waals surface area contributed by atoms with Crippen LogP contribution in [0.15, 0.2) is 39.4 Å². The molecule has 1 N–H and O–H groups in total. The smallest absolute Gasteiger partial charge is 0.133 e. The van der Waals surface area contributed by atoms with Gasteiger partial charge in [-0.2, -0.15) is 0 Å². The van der Waals surface area contributed by atoms with Crippen molar-refractivity contribution in [1.82, 2.24) is 0 Å². The van der Waals surface area contributed by atoms with Crippen molar-refractivity contribution in [2.45, 2.75) is 13.5 Å². The van der Waals surface area contributed by atoms with E-state index in [4.69, 9.17) is 9.15 Å². The molecule has 0 saturated carbocycles. The normalized spacial score (nSPS) is 10.3. The third-order valence-corrected chi connectivity index (χ3v) is 3.19. The zero-order chi connectivity index (χ0) is 12.3. The summed E-state index contributed by atoms with van der Waals surface area (Å²) in [5.41, 5.74) is 2.18. The summed E-state index contributed by atoms with van der Waals surface area (Å²) < 4.78 is 11.5. The predicted octanol–water partition coefficient (Wildman–Crippen LogP) is 3.97. The fraction of sp³-hybridized carbons (Fsp3) is 0.231. The molecular weight excluding hydrogens is 282 g/mol. The Kier molecular flexibility index (Phi) is 3.74. The number of nitrogens with one attached hydrogen (secondary N) is 1. The Hall–Kier alpha value is -1.42. The molecule has 0 radical (unpaired) electrons. The number of ether oxygens (including phenoxy) is 1.